The lowest BCUT2D eigenvalue weighted by molar-refractivity contribution is -0.137. The fraction of sp³-hybridized carbons (Fsp3) is 0.263. The Hall–Kier alpha value is -3.43. The number of aryl methyl sites for hydroxylation is 1. The van der Waals surface area contributed by atoms with Crippen molar-refractivity contribution in [2.45, 2.75) is 19.1 Å². The zero-order valence-corrected chi connectivity index (χ0v) is 15.4. The minimum absolute atomic E-state index is 0.124. The van der Waals surface area contributed by atoms with Gasteiger partial charge in [0.15, 0.2) is 0 Å². The van der Waals surface area contributed by atoms with Gasteiger partial charge in [-0.15, -0.1) is 0 Å². The Morgan fingerprint density at radius 3 is 2.72 bits per heavy atom. The minimum atomic E-state index is -4.48. The van der Waals surface area contributed by atoms with E-state index in [-0.39, 0.29) is 24.9 Å². The van der Waals surface area contributed by atoms with Crippen LogP contribution in [0.4, 0.5) is 29.5 Å². The highest BCUT2D eigenvalue weighted by molar-refractivity contribution is 6.00. The number of amides is 2. The summed E-state index contributed by atoms with van der Waals surface area (Å²) in [4.78, 5) is 17.7. The van der Waals surface area contributed by atoms with Gasteiger partial charge in [0.2, 0.25) is 0 Å². The molecule has 3 aromatic rings. The van der Waals surface area contributed by atoms with Crippen LogP contribution in [0.15, 0.2) is 42.6 Å². The molecular formula is C19H17F3N6O. The summed E-state index contributed by atoms with van der Waals surface area (Å²) in [5.41, 5.74) is 1.17. The van der Waals surface area contributed by atoms with Crippen LogP contribution in [0.1, 0.15) is 11.3 Å². The van der Waals surface area contributed by atoms with Crippen molar-refractivity contribution in [3.8, 4) is 0 Å². The lowest BCUT2D eigenvalue weighted by atomic mass is 10.1. The number of nitrogens with one attached hydrogen (secondary N) is 2. The van der Waals surface area contributed by atoms with Crippen molar-refractivity contribution in [2.75, 3.05) is 23.3 Å². The largest absolute Gasteiger partial charge is 0.419 e. The van der Waals surface area contributed by atoms with Crippen LogP contribution in [0.3, 0.4) is 0 Å². The zero-order valence-electron chi connectivity index (χ0n) is 15.4. The van der Waals surface area contributed by atoms with E-state index in [1.54, 1.807) is 25.1 Å². The van der Waals surface area contributed by atoms with Crippen LogP contribution in [0.5, 0.6) is 0 Å². The smallest absolute Gasteiger partial charge is 0.352 e. The highest BCUT2D eigenvalue weighted by atomic mass is 19.4. The van der Waals surface area contributed by atoms with Crippen LogP contribution >= 0.6 is 0 Å². The van der Waals surface area contributed by atoms with E-state index < -0.39 is 17.8 Å². The number of hydrogen-bond acceptors (Lipinski definition) is 5. The molecule has 10 heteroatoms. The third kappa shape index (κ3) is 3.91. The number of anilines is 2. The zero-order chi connectivity index (χ0) is 20.6. The summed E-state index contributed by atoms with van der Waals surface area (Å²) in [5.74, 6) is -0.124. The first-order chi connectivity index (χ1) is 13.8. The molecule has 0 radical (unpaired) electrons. The predicted molar refractivity (Wildman–Crippen MR) is 102 cm³/mol. The summed E-state index contributed by atoms with van der Waals surface area (Å²) in [6.45, 7) is 2.29. The molecule has 2 amide bonds. The Morgan fingerprint density at radius 1 is 1.17 bits per heavy atom. The number of carbonyl (C=O) groups is 1. The van der Waals surface area contributed by atoms with Gasteiger partial charge >= 0.3 is 12.2 Å². The fourth-order valence-electron chi connectivity index (χ4n) is 3.23. The van der Waals surface area contributed by atoms with Crippen molar-refractivity contribution in [2.24, 2.45) is 0 Å². The molecule has 0 saturated carbocycles. The van der Waals surface area contributed by atoms with E-state index >= 15 is 0 Å². The van der Waals surface area contributed by atoms with Crippen molar-refractivity contribution in [1.82, 2.24) is 20.5 Å². The van der Waals surface area contributed by atoms with Gasteiger partial charge in [-0.3, -0.25) is 0 Å². The van der Waals surface area contributed by atoms with Gasteiger partial charge in [-0.2, -0.15) is 23.4 Å². The van der Waals surface area contributed by atoms with Crippen LogP contribution in [0.2, 0.25) is 0 Å². The molecule has 0 spiro atoms. The highest BCUT2D eigenvalue weighted by Crippen LogP contribution is 2.36. The second kappa shape index (κ2) is 7.19. The first-order valence-corrected chi connectivity index (χ1v) is 8.89. The van der Waals surface area contributed by atoms with Crippen LogP contribution in [-0.4, -0.2) is 40.3 Å². The van der Waals surface area contributed by atoms with Crippen molar-refractivity contribution < 1.29 is 18.0 Å². The number of rotatable bonds is 3. The molecule has 0 unspecified atom stereocenters. The number of aromatic nitrogens is 3. The highest BCUT2D eigenvalue weighted by Gasteiger charge is 2.39. The second-order valence-corrected chi connectivity index (χ2v) is 6.80. The molecule has 7 nitrogen and oxygen atoms in total. The molecule has 1 aromatic carbocycles. The van der Waals surface area contributed by atoms with E-state index in [1.807, 2.05) is 6.07 Å². The molecule has 3 heterocycles. The van der Waals surface area contributed by atoms with Gasteiger partial charge in [-0.05, 0) is 37.3 Å². The molecule has 0 aliphatic carbocycles. The van der Waals surface area contributed by atoms with Crippen LogP contribution in [0, 0.1) is 6.92 Å². The maximum Gasteiger partial charge on any atom is 0.419 e. The van der Waals surface area contributed by atoms with Gasteiger partial charge in [-0.25, -0.2) is 9.78 Å². The summed E-state index contributed by atoms with van der Waals surface area (Å²) >= 11 is 0. The van der Waals surface area contributed by atoms with Crippen molar-refractivity contribution in [1.29, 1.82) is 0 Å². The van der Waals surface area contributed by atoms with Gasteiger partial charge < -0.3 is 15.5 Å². The number of benzene rings is 1. The standard InChI is InChI=1S/C19H17F3N6O/c1-11-8-13-15(5-2-6-16(13)27-26-11)25-18(29)24-12-9-28(10-12)17-14(19(20,21)22)4-3-7-23-17/h2-8,12H,9-10H2,1H3,(H2,24,25,29). The number of nitrogens with zero attached hydrogens (tertiary/aromatic N) is 4. The van der Waals surface area contributed by atoms with Gasteiger partial charge in [0, 0.05) is 24.7 Å². The Bertz CT molecular complexity index is 1070. The third-order valence-corrected chi connectivity index (χ3v) is 4.61. The molecule has 1 saturated heterocycles. The molecule has 1 aliphatic heterocycles. The second-order valence-electron chi connectivity index (χ2n) is 6.80. The number of alkyl halides is 3. The Kier molecular flexibility index (Phi) is 4.69. The maximum absolute atomic E-state index is 13.1. The lowest BCUT2D eigenvalue weighted by Crippen LogP contribution is -2.60. The molecule has 1 fully saturated rings. The molecule has 0 atom stereocenters. The first kappa shape index (κ1) is 18.9. The third-order valence-electron chi connectivity index (χ3n) is 4.61. The van der Waals surface area contributed by atoms with E-state index in [9.17, 15) is 18.0 Å². The van der Waals surface area contributed by atoms with E-state index in [0.717, 1.165) is 17.1 Å². The van der Waals surface area contributed by atoms with Crippen LogP contribution < -0.4 is 15.5 Å². The molecule has 4 rings (SSSR count). The molecule has 2 N–H and O–H groups in total. The average molecular weight is 402 g/mol. The Labute approximate surface area is 163 Å². The topological polar surface area (TPSA) is 83.0 Å². The first-order valence-electron chi connectivity index (χ1n) is 8.89. The Balaban J connectivity index is 1.40. The van der Waals surface area contributed by atoms with E-state index in [0.29, 0.717) is 11.2 Å². The normalized spacial score (nSPS) is 14.6. The number of fused-ring (bicyclic) bond motifs is 1. The molecule has 150 valence electrons. The van der Waals surface area contributed by atoms with Crippen molar-refractivity contribution in [3.63, 3.8) is 0 Å². The van der Waals surface area contributed by atoms with E-state index in [1.165, 1.54) is 17.2 Å². The number of halogens is 3. The molecule has 1 aliphatic rings. The SMILES string of the molecule is Cc1cc2c(NC(=O)NC3CN(c4ncccc4C(F)(F)F)C3)cccc2nn1. The summed E-state index contributed by atoms with van der Waals surface area (Å²) in [6, 6.07) is 8.66. The van der Waals surface area contributed by atoms with Crippen molar-refractivity contribution in [3.05, 3.63) is 53.9 Å². The van der Waals surface area contributed by atoms with Crippen LogP contribution in [0.25, 0.3) is 10.9 Å². The lowest BCUT2D eigenvalue weighted by Gasteiger charge is -2.41. The molecule has 2 aromatic heterocycles. The van der Waals surface area contributed by atoms with Gasteiger partial charge in [0.25, 0.3) is 0 Å². The van der Waals surface area contributed by atoms with E-state index in [4.69, 9.17) is 0 Å². The molecular weight excluding hydrogens is 385 g/mol. The van der Waals surface area contributed by atoms with Crippen LogP contribution in [-0.2, 0) is 6.18 Å². The van der Waals surface area contributed by atoms with Gasteiger partial charge in [-0.1, -0.05) is 6.07 Å². The minimum Gasteiger partial charge on any atom is -0.352 e. The summed E-state index contributed by atoms with van der Waals surface area (Å²) in [6.07, 6.45) is -3.15. The monoisotopic (exact) mass is 402 g/mol. The summed E-state index contributed by atoms with van der Waals surface area (Å²) in [5, 5.41) is 14.4. The fourth-order valence-corrected chi connectivity index (χ4v) is 3.23. The average Bonchev–Trinajstić information content (AvgIpc) is 2.64. The summed E-state index contributed by atoms with van der Waals surface area (Å²) < 4.78 is 39.4. The van der Waals surface area contributed by atoms with Gasteiger partial charge in [0.1, 0.15) is 5.82 Å². The number of pyridine rings is 1. The predicted octanol–water partition coefficient (Wildman–Crippen LogP) is 3.36. The van der Waals surface area contributed by atoms with E-state index in [2.05, 4.69) is 25.8 Å². The Morgan fingerprint density at radius 2 is 1.97 bits per heavy atom. The maximum atomic E-state index is 13.1. The quantitative estimate of drug-likeness (QED) is 0.702. The molecule has 29 heavy (non-hydrogen) atoms. The number of hydrogen-bond donors (Lipinski definition) is 2. The number of urea groups is 1. The summed E-state index contributed by atoms with van der Waals surface area (Å²) in [7, 11) is 0. The number of carbonyl (C=O) groups excluding carboxylic acids is 1. The van der Waals surface area contributed by atoms with Crippen molar-refractivity contribution >= 4 is 28.4 Å². The molecule has 0 bridgehead atoms. The van der Waals surface area contributed by atoms with Gasteiger partial charge in [0.05, 0.1) is 28.5 Å².